The number of aryl methyl sites for hydroxylation is 1. The van der Waals surface area contributed by atoms with Crippen molar-refractivity contribution in [2.24, 2.45) is 5.92 Å². The van der Waals surface area contributed by atoms with Crippen LogP contribution in [0.4, 0.5) is 11.4 Å². The highest BCUT2D eigenvalue weighted by Gasteiger charge is 2.35. The van der Waals surface area contributed by atoms with Crippen LogP contribution in [-0.4, -0.2) is 30.8 Å². The van der Waals surface area contributed by atoms with Crippen molar-refractivity contribution >= 4 is 29.1 Å². The molecule has 2 aliphatic rings. The molecule has 2 aliphatic heterocycles. The summed E-state index contributed by atoms with van der Waals surface area (Å²) in [5.41, 5.74) is 5.10. The van der Waals surface area contributed by atoms with Gasteiger partial charge in [0.15, 0.2) is 0 Å². The summed E-state index contributed by atoms with van der Waals surface area (Å²) in [6.45, 7) is 5.20. The summed E-state index contributed by atoms with van der Waals surface area (Å²) in [5.74, 6) is -0.452. The molecule has 3 amide bonds. The summed E-state index contributed by atoms with van der Waals surface area (Å²) in [5, 5.41) is 2.97. The van der Waals surface area contributed by atoms with E-state index in [-0.39, 0.29) is 30.1 Å². The number of benzene rings is 2. The number of nitrogens with zero attached hydrogens (tertiary/aromatic N) is 2. The molecule has 30 heavy (non-hydrogen) atoms. The summed E-state index contributed by atoms with van der Waals surface area (Å²) in [7, 11) is 0. The third-order valence-electron chi connectivity index (χ3n) is 6.04. The molecule has 1 saturated heterocycles. The Morgan fingerprint density at radius 1 is 1.10 bits per heavy atom. The first-order valence-corrected chi connectivity index (χ1v) is 10.5. The Kier molecular flexibility index (Phi) is 5.57. The fraction of sp³-hybridized carbons (Fsp3) is 0.375. The van der Waals surface area contributed by atoms with Crippen LogP contribution in [0.25, 0.3) is 0 Å². The van der Waals surface area contributed by atoms with Crippen molar-refractivity contribution in [2.75, 3.05) is 22.9 Å². The molecule has 1 N–H and O–H groups in total. The summed E-state index contributed by atoms with van der Waals surface area (Å²) >= 11 is 0. The van der Waals surface area contributed by atoms with Gasteiger partial charge in [-0.3, -0.25) is 14.4 Å². The number of rotatable bonds is 5. The molecular formula is C24H27N3O3. The van der Waals surface area contributed by atoms with Gasteiger partial charge in [-0.05, 0) is 47.7 Å². The standard InChI is InChI=1S/C24H27N3O3/c1-3-17-4-6-18(7-5-17)14-25-24(30)20-13-23(29)27(15-20)21-8-9-22-19(12-21)10-11-26(22)16(2)28/h4-9,12,20H,3,10-11,13-15H2,1-2H3,(H,25,30). The number of anilines is 2. The molecule has 0 spiro atoms. The number of nitrogens with one attached hydrogen (secondary N) is 1. The highest BCUT2D eigenvalue weighted by Crippen LogP contribution is 2.34. The number of amides is 3. The zero-order chi connectivity index (χ0) is 21.3. The van der Waals surface area contributed by atoms with Gasteiger partial charge in [-0.2, -0.15) is 0 Å². The van der Waals surface area contributed by atoms with Gasteiger partial charge in [-0.25, -0.2) is 0 Å². The van der Waals surface area contributed by atoms with Crippen molar-refractivity contribution in [1.29, 1.82) is 0 Å². The number of hydrogen-bond acceptors (Lipinski definition) is 3. The summed E-state index contributed by atoms with van der Waals surface area (Å²) < 4.78 is 0. The molecule has 6 nitrogen and oxygen atoms in total. The normalized spacial score (nSPS) is 17.9. The zero-order valence-corrected chi connectivity index (χ0v) is 17.5. The molecule has 1 unspecified atom stereocenters. The fourth-order valence-electron chi connectivity index (χ4n) is 4.24. The quantitative estimate of drug-likeness (QED) is 0.832. The Bertz CT molecular complexity index is 984. The maximum atomic E-state index is 12.6. The monoisotopic (exact) mass is 405 g/mol. The van der Waals surface area contributed by atoms with Crippen LogP contribution in [0.5, 0.6) is 0 Å². The predicted molar refractivity (Wildman–Crippen MR) is 116 cm³/mol. The van der Waals surface area contributed by atoms with Crippen LogP contribution >= 0.6 is 0 Å². The first-order valence-electron chi connectivity index (χ1n) is 10.5. The molecule has 0 saturated carbocycles. The second-order valence-electron chi connectivity index (χ2n) is 8.03. The number of carbonyl (C=O) groups is 3. The minimum absolute atomic E-state index is 0.0276. The van der Waals surface area contributed by atoms with E-state index in [0.717, 1.165) is 35.3 Å². The molecule has 0 aliphatic carbocycles. The molecule has 4 rings (SSSR count). The second-order valence-corrected chi connectivity index (χ2v) is 8.03. The fourth-order valence-corrected chi connectivity index (χ4v) is 4.24. The topological polar surface area (TPSA) is 69.7 Å². The molecule has 0 bridgehead atoms. The van der Waals surface area contributed by atoms with Crippen molar-refractivity contribution in [2.45, 2.75) is 39.7 Å². The lowest BCUT2D eigenvalue weighted by molar-refractivity contribution is -0.126. The highest BCUT2D eigenvalue weighted by molar-refractivity contribution is 6.01. The minimum Gasteiger partial charge on any atom is -0.352 e. The summed E-state index contributed by atoms with van der Waals surface area (Å²) in [6, 6.07) is 14.0. The van der Waals surface area contributed by atoms with E-state index >= 15 is 0 Å². The van der Waals surface area contributed by atoms with E-state index in [9.17, 15) is 14.4 Å². The smallest absolute Gasteiger partial charge is 0.227 e. The van der Waals surface area contributed by atoms with E-state index in [1.165, 1.54) is 5.56 Å². The molecule has 2 aromatic carbocycles. The molecule has 1 atom stereocenters. The van der Waals surface area contributed by atoms with Crippen molar-refractivity contribution in [3.63, 3.8) is 0 Å². The summed E-state index contributed by atoms with van der Waals surface area (Å²) in [6.07, 6.45) is 1.99. The van der Waals surface area contributed by atoms with Crippen LogP contribution in [0.15, 0.2) is 42.5 Å². The largest absolute Gasteiger partial charge is 0.352 e. The Balaban J connectivity index is 1.39. The Morgan fingerprint density at radius 2 is 1.83 bits per heavy atom. The molecule has 156 valence electrons. The van der Waals surface area contributed by atoms with E-state index in [4.69, 9.17) is 0 Å². The Morgan fingerprint density at radius 3 is 2.53 bits per heavy atom. The third-order valence-corrected chi connectivity index (χ3v) is 6.04. The van der Waals surface area contributed by atoms with Crippen molar-refractivity contribution in [3.05, 3.63) is 59.2 Å². The molecule has 2 heterocycles. The van der Waals surface area contributed by atoms with E-state index in [1.54, 1.807) is 16.7 Å². The second kappa shape index (κ2) is 8.30. The van der Waals surface area contributed by atoms with E-state index in [0.29, 0.717) is 19.6 Å². The maximum absolute atomic E-state index is 12.6. The zero-order valence-electron chi connectivity index (χ0n) is 17.5. The molecular weight excluding hydrogens is 378 g/mol. The average molecular weight is 405 g/mol. The van der Waals surface area contributed by atoms with E-state index < -0.39 is 0 Å². The predicted octanol–water partition coefficient (Wildman–Crippen LogP) is 2.83. The molecule has 1 fully saturated rings. The van der Waals surface area contributed by atoms with Crippen LogP contribution < -0.4 is 15.1 Å². The van der Waals surface area contributed by atoms with E-state index in [1.807, 2.05) is 30.3 Å². The van der Waals surface area contributed by atoms with Gasteiger partial charge in [0.2, 0.25) is 17.7 Å². The van der Waals surface area contributed by atoms with Crippen LogP contribution in [0.1, 0.15) is 37.0 Å². The molecule has 0 radical (unpaired) electrons. The van der Waals surface area contributed by atoms with Crippen molar-refractivity contribution in [1.82, 2.24) is 5.32 Å². The lowest BCUT2D eigenvalue weighted by atomic mass is 10.1. The van der Waals surface area contributed by atoms with Gasteiger partial charge in [0.05, 0.1) is 5.92 Å². The third kappa shape index (κ3) is 3.95. The lowest BCUT2D eigenvalue weighted by Gasteiger charge is -2.19. The van der Waals surface area contributed by atoms with Gasteiger partial charge < -0.3 is 15.1 Å². The van der Waals surface area contributed by atoms with Gasteiger partial charge in [-0.15, -0.1) is 0 Å². The van der Waals surface area contributed by atoms with Crippen LogP contribution in [0, 0.1) is 5.92 Å². The van der Waals surface area contributed by atoms with Gasteiger partial charge in [0.1, 0.15) is 0 Å². The molecule has 6 heteroatoms. The van der Waals surface area contributed by atoms with Crippen LogP contribution in [0.3, 0.4) is 0 Å². The van der Waals surface area contributed by atoms with Gasteiger partial charge >= 0.3 is 0 Å². The number of carbonyl (C=O) groups excluding carboxylic acids is 3. The SMILES string of the molecule is CCc1ccc(CNC(=O)C2CC(=O)N(c3ccc4c(c3)CCN4C(C)=O)C2)cc1. The highest BCUT2D eigenvalue weighted by atomic mass is 16.2. The Hall–Kier alpha value is -3.15. The molecule has 0 aromatic heterocycles. The van der Waals surface area contributed by atoms with Gasteiger partial charge in [-0.1, -0.05) is 31.2 Å². The summed E-state index contributed by atoms with van der Waals surface area (Å²) in [4.78, 5) is 40.4. The Labute approximate surface area is 176 Å². The average Bonchev–Trinajstić information content (AvgIpc) is 3.35. The van der Waals surface area contributed by atoms with Gasteiger partial charge in [0, 0.05) is 44.4 Å². The number of fused-ring (bicyclic) bond motifs is 1. The lowest BCUT2D eigenvalue weighted by Crippen LogP contribution is -2.32. The van der Waals surface area contributed by atoms with Crippen molar-refractivity contribution in [3.8, 4) is 0 Å². The minimum atomic E-state index is -0.352. The first kappa shape index (κ1) is 20.1. The van der Waals surface area contributed by atoms with E-state index in [2.05, 4.69) is 24.4 Å². The van der Waals surface area contributed by atoms with Crippen LogP contribution in [0.2, 0.25) is 0 Å². The van der Waals surface area contributed by atoms with Crippen LogP contribution in [-0.2, 0) is 33.8 Å². The number of hydrogen-bond donors (Lipinski definition) is 1. The van der Waals surface area contributed by atoms with Gasteiger partial charge in [0.25, 0.3) is 0 Å². The molecule has 2 aromatic rings. The van der Waals surface area contributed by atoms with Crippen molar-refractivity contribution < 1.29 is 14.4 Å². The maximum Gasteiger partial charge on any atom is 0.227 e. The first-order chi connectivity index (χ1) is 14.5.